The second kappa shape index (κ2) is 7.77. The Morgan fingerprint density at radius 3 is 2.45 bits per heavy atom. The van der Waals surface area contributed by atoms with Crippen LogP contribution in [0, 0.1) is 13.8 Å². The molecule has 0 saturated heterocycles. The normalized spacial score (nSPS) is 12.1. The van der Waals surface area contributed by atoms with Gasteiger partial charge in [0.2, 0.25) is 0 Å². The van der Waals surface area contributed by atoms with Crippen LogP contribution >= 0.6 is 11.3 Å². The van der Waals surface area contributed by atoms with E-state index in [9.17, 15) is 21.6 Å². The van der Waals surface area contributed by atoms with E-state index in [0.29, 0.717) is 5.56 Å². The van der Waals surface area contributed by atoms with Gasteiger partial charge in [-0.2, -0.15) is 0 Å². The average molecular weight is 454 g/mol. The fourth-order valence-electron chi connectivity index (χ4n) is 2.89. The first kappa shape index (κ1) is 21.3. The molecule has 0 saturated carbocycles. The summed E-state index contributed by atoms with van der Waals surface area (Å²) in [6.45, 7) is 5.26. The smallest absolute Gasteiger partial charge is 0.298 e. The second-order valence-electron chi connectivity index (χ2n) is 6.40. The molecule has 0 atom stereocenters. The number of carbonyl (C=O) groups is 1. The van der Waals surface area contributed by atoms with Crippen molar-refractivity contribution in [2.45, 2.75) is 29.9 Å². The Bertz CT molecular complexity index is 1310. The molecule has 0 unspecified atom stereocenters. The summed E-state index contributed by atoms with van der Waals surface area (Å²) in [5.74, 6) is -0.239. The number of ether oxygens (including phenoxy) is 1. The molecule has 29 heavy (non-hydrogen) atoms. The Morgan fingerprint density at radius 1 is 1.07 bits per heavy atom. The predicted molar refractivity (Wildman–Crippen MR) is 113 cm³/mol. The standard InChI is InChI=1S/C19H19NO6S3/c1-4-28(22,23)18-10-14(26-11-21)6-7-16(18)20-29(24,25)19-13(3)15-9-12(2)5-8-17(15)27-19/h5-11,20H,4H2,1-3H3. The molecular weight excluding hydrogens is 434 g/mol. The monoisotopic (exact) mass is 453 g/mol. The average Bonchev–Trinajstić information content (AvgIpc) is 3.00. The summed E-state index contributed by atoms with van der Waals surface area (Å²) in [4.78, 5) is 10.3. The fraction of sp³-hybridized carbons (Fsp3) is 0.211. The van der Waals surface area contributed by atoms with Crippen molar-refractivity contribution >= 4 is 53.4 Å². The van der Waals surface area contributed by atoms with Gasteiger partial charge in [-0.15, -0.1) is 11.3 Å². The maximum atomic E-state index is 13.1. The number of carbonyl (C=O) groups excluding carboxylic acids is 1. The molecule has 0 bridgehead atoms. The lowest BCUT2D eigenvalue weighted by atomic mass is 10.1. The van der Waals surface area contributed by atoms with E-state index in [1.54, 1.807) is 6.92 Å². The van der Waals surface area contributed by atoms with Crippen LogP contribution in [0.2, 0.25) is 0 Å². The van der Waals surface area contributed by atoms with E-state index in [-0.39, 0.29) is 32.8 Å². The van der Waals surface area contributed by atoms with Crippen molar-refractivity contribution in [3.63, 3.8) is 0 Å². The van der Waals surface area contributed by atoms with Gasteiger partial charge in [0.1, 0.15) is 9.96 Å². The number of benzene rings is 2. The van der Waals surface area contributed by atoms with Gasteiger partial charge in [0.25, 0.3) is 16.5 Å². The molecule has 1 aromatic heterocycles. The van der Waals surface area contributed by atoms with Crippen LogP contribution in [0.3, 0.4) is 0 Å². The molecule has 1 heterocycles. The van der Waals surface area contributed by atoms with Crippen molar-refractivity contribution in [2.24, 2.45) is 0 Å². The lowest BCUT2D eigenvalue weighted by Gasteiger charge is -2.13. The number of rotatable bonds is 7. The largest absolute Gasteiger partial charge is 0.429 e. The van der Waals surface area contributed by atoms with E-state index in [2.05, 4.69) is 4.72 Å². The third kappa shape index (κ3) is 4.14. The molecule has 1 N–H and O–H groups in total. The molecule has 10 heteroatoms. The lowest BCUT2D eigenvalue weighted by molar-refractivity contribution is -0.120. The first-order chi connectivity index (χ1) is 13.6. The molecular formula is C19H19NO6S3. The molecule has 0 aliphatic heterocycles. The van der Waals surface area contributed by atoms with Gasteiger partial charge < -0.3 is 4.74 Å². The Hall–Kier alpha value is -2.43. The number of anilines is 1. The Morgan fingerprint density at radius 2 is 1.79 bits per heavy atom. The van der Waals surface area contributed by atoms with Crippen LogP contribution in [0.4, 0.5) is 5.69 Å². The highest BCUT2D eigenvalue weighted by molar-refractivity contribution is 7.95. The van der Waals surface area contributed by atoms with Crippen molar-refractivity contribution in [1.82, 2.24) is 0 Å². The summed E-state index contributed by atoms with van der Waals surface area (Å²) < 4.78 is 59.1. The molecule has 154 valence electrons. The van der Waals surface area contributed by atoms with Crippen LogP contribution in [-0.4, -0.2) is 29.1 Å². The fourth-order valence-corrected chi connectivity index (χ4v) is 6.84. The third-order valence-corrected chi connectivity index (χ3v) is 9.42. The summed E-state index contributed by atoms with van der Waals surface area (Å²) in [5.41, 5.74) is 1.51. The van der Waals surface area contributed by atoms with Crippen LogP contribution in [0.5, 0.6) is 5.75 Å². The van der Waals surface area contributed by atoms with Crippen molar-refractivity contribution < 1.29 is 26.4 Å². The van der Waals surface area contributed by atoms with Gasteiger partial charge >= 0.3 is 0 Å². The Kier molecular flexibility index (Phi) is 5.70. The van der Waals surface area contributed by atoms with Gasteiger partial charge in [-0.05, 0) is 43.0 Å². The quantitative estimate of drug-likeness (QED) is 0.547. The van der Waals surface area contributed by atoms with E-state index in [0.717, 1.165) is 33.1 Å². The zero-order valence-corrected chi connectivity index (χ0v) is 18.4. The number of hydrogen-bond donors (Lipinski definition) is 1. The molecule has 0 amide bonds. The number of aryl methyl sites for hydroxylation is 2. The number of hydrogen-bond acceptors (Lipinski definition) is 7. The summed E-state index contributed by atoms with van der Waals surface area (Å²) in [7, 11) is -7.83. The lowest BCUT2D eigenvalue weighted by Crippen LogP contribution is -2.16. The zero-order chi connectivity index (χ0) is 21.4. The predicted octanol–water partition coefficient (Wildman–Crippen LogP) is 3.65. The topological polar surface area (TPSA) is 107 Å². The minimum Gasteiger partial charge on any atom is -0.429 e. The van der Waals surface area contributed by atoms with Gasteiger partial charge in [-0.25, -0.2) is 16.8 Å². The number of sulfone groups is 1. The van der Waals surface area contributed by atoms with Gasteiger partial charge in [0, 0.05) is 10.8 Å². The van der Waals surface area contributed by atoms with E-state index in [1.807, 2.05) is 25.1 Å². The molecule has 0 aliphatic carbocycles. The van der Waals surface area contributed by atoms with Crippen molar-refractivity contribution in [3.05, 3.63) is 47.5 Å². The number of sulfonamides is 1. The first-order valence-electron chi connectivity index (χ1n) is 8.58. The van der Waals surface area contributed by atoms with E-state index in [1.165, 1.54) is 19.1 Å². The molecule has 0 spiro atoms. The zero-order valence-electron chi connectivity index (χ0n) is 15.9. The summed E-state index contributed by atoms with van der Waals surface area (Å²) >= 11 is 1.12. The summed E-state index contributed by atoms with van der Waals surface area (Å²) in [6.07, 6.45) is 0. The Balaban J connectivity index is 2.12. The van der Waals surface area contributed by atoms with Crippen LogP contribution in [0.1, 0.15) is 18.1 Å². The molecule has 0 aliphatic rings. The summed E-state index contributed by atoms with van der Waals surface area (Å²) in [6, 6.07) is 9.40. The number of nitrogens with one attached hydrogen (secondary N) is 1. The number of fused-ring (bicyclic) bond motifs is 1. The van der Waals surface area contributed by atoms with E-state index < -0.39 is 19.9 Å². The number of thiophene rings is 1. The molecule has 3 aromatic rings. The first-order valence-corrected chi connectivity index (χ1v) is 12.5. The highest BCUT2D eigenvalue weighted by Gasteiger charge is 2.26. The minimum atomic E-state index is -4.04. The third-order valence-electron chi connectivity index (χ3n) is 4.39. The molecule has 7 nitrogen and oxygen atoms in total. The second-order valence-corrected chi connectivity index (χ2v) is 11.6. The van der Waals surface area contributed by atoms with Gasteiger partial charge in [-0.3, -0.25) is 9.52 Å². The van der Waals surface area contributed by atoms with Crippen molar-refractivity contribution in [1.29, 1.82) is 0 Å². The van der Waals surface area contributed by atoms with E-state index in [4.69, 9.17) is 4.74 Å². The maximum Gasteiger partial charge on any atom is 0.298 e. The van der Waals surface area contributed by atoms with Crippen LogP contribution in [0.25, 0.3) is 10.1 Å². The van der Waals surface area contributed by atoms with Gasteiger partial charge in [0.15, 0.2) is 9.84 Å². The SMILES string of the molecule is CCS(=O)(=O)c1cc(OC=O)ccc1NS(=O)(=O)c1sc2ccc(C)cc2c1C. The van der Waals surface area contributed by atoms with Crippen molar-refractivity contribution in [3.8, 4) is 5.75 Å². The van der Waals surface area contributed by atoms with E-state index >= 15 is 0 Å². The molecule has 0 radical (unpaired) electrons. The van der Waals surface area contributed by atoms with Crippen molar-refractivity contribution in [2.75, 3.05) is 10.5 Å². The molecule has 3 rings (SSSR count). The summed E-state index contributed by atoms with van der Waals surface area (Å²) in [5, 5.41) is 0.839. The van der Waals surface area contributed by atoms with Crippen LogP contribution in [-0.2, 0) is 24.7 Å². The maximum absolute atomic E-state index is 13.1. The highest BCUT2D eigenvalue weighted by atomic mass is 32.2. The molecule has 2 aromatic carbocycles. The minimum absolute atomic E-state index is 0.00323. The van der Waals surface area contributed by atoms with Gasteiger partial charge in [-0.1, -0.05) is 24.6 Å². The highest BCUT2D eigenvalue weighted by Crippen LogP contribution is 2.36. The van der Waals surface area contributed by atoms with Crippen LogP contribution < -0.4 is 9.46 Å². The molecule has 0 fully saturated rings. The van der Waals surface area contributed by atoms with Gasteiger partial charge in [0.05, 0.1) is 16.3 Å². The Labute approximate surface area is 173 Å². The van der Waals surface area contributed by atoms with Crippen LogP contribution in [0.15, 0.2) is 45.5 Å².